The van der Waals surface area contributed by atoms with Crippen molar-refractivity contribution in [1.29, 1.82) is 0 Å². The van der Waals surface area contributed by atoms with Crippen molar-refractivity contribution in [2.45, 2.75) is 5.22 Å². The Bertz CT molecular complexity index is 1170. The van der Waals surface area contributed by atoms with E-state index in [1.165, 1.54) is 18.2 Å². The summed E-state index contributed by atoms with van der Waals surface area (Å²) in [4.78, 5) is 22.6. The number of aromatic nitrogens is 4. The number of hydrogen-bond donors (Lipinski definition) is 1. The highest BCUT2D eigenvalue weighted by molar-refractivity contribution is 7.99. The van der Waals surface area contributed by atoms with Crippen molar-refractivity contribution in [1.82, 2.24) is 18.9 Å². The first kappa shape index (κ1) is 18.0. The summed E-state index contributed by atoms with van der Waals surface area (Å²) >= 11 is 2.14. The molecular formula is C16H10N6O4S2. The average Bonchev–Trinajstić information content (AvgIpc) is 3.36. The number of non-ortho nitro benzene ring substituents is 1. The molecule has 0 bridgehead atoms. The third kappa shape index (κ3) is 3.82. The van der Waals surface area contributed by atoms with E-state index in [0.29, 0.717) is 22.3 Å². The van der Waals surface area contributed by atoms with Crippen molar-refractivity contribution in [2.75, 3.05) is 11.1 Å². The van der Waals surface area contributed by atoms with E-state index < -0.39 is 4.92 Å². The van der Waals surface area contributed by atoms with Crippen molar-refractivity contribution < 1.29 is 14.1 Å². The van der Waals surface area contributed by atoms with Gasteiger partial charge in [0.25, 0.3) is 10.9 Å². The Hall–Kier alpha value is -3.38. The average molecular weight is 414 g/mol. The van der Waals surface area contributed by atoms with Gasteiger partial charge in [0.1, 0.15) is 11.0 Å². The van der Waals surface area contributed by atoms with Gasteiger partial charge in [0.2, 0.25) is 11.8 Å². The van der Waals surface area contributed by atoms with Crippen LogP contribution < -0.4 is 5.32 Å². The number of thioether (sulfide) groups is 1. The third-order valence-electron chi connectivity index (χ3n) is 3.60. The number of nitrogens with zero attached hydrogens (tertiary/aromatic N) is 5. The van der Waals surface area contributed by atoms with Crippen LogP contribution in [0, 0.1) is 10.1 Å². The Morgan fingerprint density at radius 3 is 2.93 bits per heavy atom. The van der Waals surface area contributed by atoms with Crippen LogP contribution in [0.2, 0.25) is 0 Å². The highest BCUT2D eigenvalue weighted by Crippen LogP contribution is 2.26. The summed E-state index contributed by atoms with van der Waals surface area (Å²) in [6.45, 7) is 0. The van der Waals surface area contributed by atoms with Crippen molar-refractivity contribution >= 4 is 51.8 Å². The Morgan fingerprint density at radius 2 is 2.07 bits per heavy atom. The maximum atomic E-state index is 12.2. The highest BCUT2D eigenvalue weighted by atomic mass is 32.2. The van der Waals surface area contributed by atoms with Gasteiger partial charge in [-0.2, -0.15) is 8.75 Å². The largest absolute Gasteiger partial charge is 0.411 e. The van der Waals surface area contributed by atoms with Gasteiger partial charge in [-0.3, -0.25) is 14.9 Å². The second kappa shape index (κ2) is 7.70. The number of rotatable bonds is 6. The maximum Gasteiger partial charge on any atom is 0.277 e. The zero-order chi connectivity index (χ0) is 19.5. The molecule has 0 aliphatic carbocycles. The standard InChI is InChI=1S/C16H10N6O4S2/c23-13(17-11-5-2-6-12-14(11)21-28-20-12)8-27-16-19-18-15(26-16)9-3-1-4-10(7-9)22(24)25/h1-7H,8H2,(H,17,23). The maximum absolute atomic E-state index is 12.2. The molecular weight excluding hydrogens is 404 g/mol. The lowest BCUT2D eigenvalue weighted by Gasteiger charge is -2.03. The summed E-state index contributed by atoms with van der Waals surface area (Å²) < 4.78 is 13.8. The smallest absolute Gasteiger partial charge is 0.277 e. The number of benzene rings is 2. The van der Waals surface area contributed by atoms with Crippen molar-refractivity contribution in [3.05, 3.63) is 52.6 Å². The van der Waals surface area contributed by atoms with Crippen molar-refractivity contribution in [3.8, 4) is 11.5 Å². The summed E-state index contributed by atoms with van der Waals surface area (Å²) in [7, 11) is 0. The van der Waals surface area contributed by atoms with Crippen LogP contribution in [0.3, 0.4) is 0 Å². The Kier molecular flexibility index (Phi) is 4.95. The molecule has 28 heavy (non-hydrogen) atoms. The predicted octanol–water partition coefficient (Wildman–Crippen LogP) is 3.38. The van der Waals surface area contributed by atoms with E-state index in [2.05, 4.69) is 24.3 Å². The number of hydrogen-bond acceptors (Lipinski definition) is 10. The second-order valence-electron chi connectivity index (χ2n) is 5.45. The molecule has 4 aromatic rings. The molecule has 0 fully saturated rings. The van der Waals surface area contributed by atoms with Crippen molar-refractivity contribution in [2.24, 2.45) is 0 Å². The van der Waals surface area contributed by atoms with Gasteiger partial charge in [-0.1, -0.05) is 23.9 Å². The molecule has 12 heteroatoms. The second-order valence-corrected chi connectivity index (χ2v) is 6.91. The Balaban J connectivity index is 1.40. The van der Waals surface area contributed by atoms with Crippen LogP contribution in [0.1, 0.15) is 0 Å². The molecule has 2 aromatic carbocycles. The number of nitro benzene ring substituents is 1. The van der Waals surface area contributed by atoms with E-state index in [1.807, 2.05) is 6.07 Å². The van der Waals surface area contributed by atoms with Gasteiger partial charge >= 0.3 is 0 Å². The lowest BCUT2D eigenvalue weighted by molar-refractivity contribution is -0.384. The number of amides is 1. The van der Waals surface area contributed by atoms with Crippen LogP contribution in [0.15, 0.2) is 52.1 Å². The van der Waals surface area contributed by atoms with Crippen LogP contribution >= 0.6 is 23.5 Å². The quantitative estimate of drug-likeness (QED) is 0.286. The number of anilines is 1. The van der Waals surface area contributed by atoms with E-state index in [4.69, 9.17) is 4.42 Å². The summed E-state index contributed by atoms with van der Waals surface area (Å²) in [5.74, 6) is -0.0737. The number of fused-ring (bicyclic) bond motifs is 1. The van der Waals surface area contributed by atoms with Gasteiger partial charge < -0.3 is 9.73 Å². The zero-order valence-corrected chi connectivity index (χ0v) is 15.6. The topological polar surface area (TPSA) is 137 Å². The molecule has 4 rings (SSSR count). The molecule has 1 amide bonds. The normalized spacial score (nSPS) is 10.9. The minimum absolute atomic E-state index is 0.0462. The monoisotopic (exact) mass is 414 g/mol. The highest BCUT2D eigenvalue weighted by Gasteiger charge is 2.15. The Labute approximate surface area is 165 Å². The predicted molar refractivity (Wildman–Crippen MR) is 103 cm³/mol. The van der Waals surface area contributed by atoms with E-state index in [1.54, 1.807) is 18.2 Å². The number of carbonyl (C=O) groups excluding carboxylic acids is 1. The molecule has 0 aliphatic heterocycles. The molecule has 0 saturated heterocycles. The van der Waals surface area contributed by atoms with Crippen LogP contribution in [0.4, 0.5) is 11.4 Å². The van der Waals surface area contributed by atoms with Crippen LogP contribution in [0.5, 0.6) is 0 Å². The number of carbonyl (C=O) groups is 1. The first-order valence-corrected chi connectivity index (χ1v) is 9.54. The molecule has 0 atom stereocenters. The molecule has 2 aromatic heterocycles. The fourth-order valence-corrected chi connectivity index (χ4v) is 3.47. The first-order valence-electron chi connectivity index (χ1n) is 7.82. The van der Waals surface area contributed by atoms with Crippen LogP contribution in [-0.2, 0) is 4.79 Å². The summed E-state index contributed by atoms with van der Waals surface area (Å²) in [5, 5.41) is 21.6. The van der Waals surface area contributed by atoms with Gasteiger partial charge in [-0.15, -0.1) is 10.2 Å². The lowest BCUT2D eigenvalue weighted by Crippen LogP contribution is -2.14. The molecule has 0 saturated carbocycles. The zero-order valence-electron chi connectivity index (χ0n) is 13.9. The number of nitro groups is 1. The lowest BCUT2D eigenvalue weighted by atomic mass is 10.2. The fourth-order valence-electron chi connectivity index (χ4n) is 2.36. The molecule has 0 unspecified atom stereocenters. The summed E-state index contributed by atoms with van der Waals surface area (Å²) in [6, 6.07) is 11.2. The van der Waals surface area contributed by atoms with Gasteiger partial charge in [0.05, 0.1) is 28.1 Å². The SMILES string of the molecule is O=C(CSc1nnc(-c2cccc([N+](=O)[O-])c2)o1)Nc1cccc2nsnc12. The fraction of sp³-hybridized carbons (Fsp3) is 0.0625. The van der Waals surface area contributed by atoms with Gasteiger partial charge in [0, 0.05) is 17.7 Å². The Morgan fingerprint density at radius 1 is 1.21 bits per heavy atom. The molecule has 10 nitrogen and oxygen atoms in total. The molecule has 1 N–H and O–H groups in total. The van der Waals surface area contributed by atoms with Gasteiger partial charge in [-0.25, -0.2) is 0 Å². The summed E-state index contributed by atoms with van der Waals surface area (Å²) in [5.41, 5.74) is 2.29. The molecule has 2 heterocycles. The number of nitrogens with one attached hydrogen (secondary N) is 1. The molecule has 140 valence electrons. The summed E-state index contributed by atoms with van der Waals surface area (Å²) in [6.07, 6.45) is 0. The van der Waals surface area contributed by atoms with E-state index in [0.717, 1.165) is 23.5 Å². The molecule has 0 aliphatic rings. The van der Waals surface area contributed by atoms with E-state index >= 15 is 0 Å². The van der Waals surface area contributed by atoms with Gasteiger partial charge in [0.15, 0.2) is 0 Å². The van der Waals surface area contributed by atoms with E-state index in [9.17, 15) is 14.9 Å². The third-order valence-corrected chi connectivity index (χ3v) is 4.96. The minimum Gasteiger partial charge on any atom is -0.411 e. The minimum atomic E-state index is -0.502. The van der Waals surface area contributed by atoms with E-state index in [-0.39, 0.29) is 28.5 Å². The van der Waals surface area contributed by atoms with Crippen LogP contribution in [-0.4, -0.2) is 35.5 Å². The van der Waals surface area contributed by atoms with Crippen LogP contribution in [0.25, 0.3) is 22.5 Å². The van der Waals surface area contributed by atoms with Gasteiger partial charge in [-0.05, 0) is 18.2 Å². The molecule has 0 spiro atoms. The first-order chi connectivity index (χ1) is 13.6. The molecule has 0 radical (unpaired) electrons. The van der Waals surface area contributed by atoms with Crippen molar-refractivity contribution in [3.63, 3.8) is 0 Å².